The Bertz CT molecular complexity index is 1050. The molecule has 0 radical (unpaired) electrons. The third-order valence-corrected chi connectivity index (χ3v) is 4.12. The van der Waals surface area contributed by atoms with Crippen LogP contribution in [0, 0.1) is 0 Å². The third-order valence-electron chi connectivity index (χ3n) is 4.12. The summed E-state index contributed by atoms with van der Waals surface area (Å²) in [5.41, 5.74) is 1.82. The summed E-state index contributed by atoms with van der Waals surface area (Å²) >= 11 is 0. The van der Waals surface area contributed by atoms with Crippen molar-refractivity contribution in [3.05, 3.63) is 76.8 Å². The number of benzene rings is 1. The van der Waals surface area contributed by atoms with Crippen molar-refractivity contribution in [3.8, 4) is 11.3 Å². The minimum absolute atomic E-state index is 0.372. The summed E-state index contributed by atoms with van der Waals surface area (Å²) in [5, 5.41) is 7.02. The van der Waals surface area contributed by atoms with Gasteiger partial charge in [-0.15, -0.1) is 0 Å². The van der Waals surface area contributed by atoms with Gasteiger partial charge in [-0.2, -0.15) is 5.10 Å². The molecule has 8 nitrogen and oxygen atoms in total. The number of nitrogens with zero attached hydrogens (tertiary/aromatic N) is 3. The zero-order valence-corrected chi connectivity index (χ0v) is 15.3. The van der Waals surface area contributed by atoms with Gasteiger partial charge in [0.05, 0.1) is 18.4 Å². The molecule has 2 heterocycles. The standard InChI is InChI=1S/C20H18N4O4/c1-13(19(26)22-16-5-3-15(4-6-16)20(27)28-2)24-18(25)8-7-17(23-24)14-9-11-21-12-10-14/h3-13H,1-2H3,(H,22,26). The normalized spacial score (nSPS) is 11.5. The van der Waals surface area contributed by atoms with Gasteiger partial charge in [-0.05, 0) is 49.4 Å². The van der Waals surface area contributed by atoms with E-state index in [-0.39, 0.29) is 5.56 Å². The smallest absolute Gasteiger partial charge is 0.337 e. The number of carbonyl (C=O) groups is 2. The van der Waals surface area contributed by atoms with Crippen LogP contribution in [-0.2, 0) is 9.53 Å². The zero-order chi connectivity index (χ0) is 20.1. The van der Waals surface area contributed by atoms with Crippen molar-refractivity contribution >= 4 is 17.6 Å². The van der Waals surface area contributed by atoms with Crippen LogP contribution >= 0.6 is 0 Å². The number of aromatic nitrogens is 3. The van der Waals surface area contributed by atoms with Gasteiger partial charge in [0.25, 0.3) is 5.56 Å². The molecule has 28 heavy (non-hydrogen) atoms. The van der Waals surface area contributed by atoms with E-state index >= 15 is 0 Å². The fraction of sp³-hybridized carbons (Fsp3) is 0.150. The highest BCUT2D eigenvalue weighted by molar-refractivity contribution is 5.94. The minimum Gasteiger partial charge on any atom is -0.465 e. The number of ether oxygens (including phenoxy) is 1. The predicted molar refractivity (Wildman–Crippen MR) is 103 cm³/mol. The van der Waals surface area contributed by atoms with E-state index in [2.05, 4.69) is 20.1 Å². The van der Waals surface area contributed by atoms with Crippen LogP contribution in [0.5, 0.6) is 0 Å². The lowest BCUT2D eigenvalue weighted by Crippen LogP contribution is -2.33. The van der Waals surface area contributed by atoms with Crippen LogP contribution in [0.15, 0.2) is 65.7 Å². The van der Waals surface area contributed by atoms with Crippen LogP contribution in [0.2, 0.25) is 0 Å². The molecule has 3 aromatic rings. The molecule has 0 fully saturated rings. The number of pyridine rings is 1. The summed E-state index contributed by atoms with van der Waals surface area (Å²) < 4.78 is 5.77. The molecule has 0 saturated heterocycles. The van der Waals surface area contributed by atoms with E-state index in [4.69, 9.17) is 0 Å². The van der Waals surface area contributed by atoms with Crippen molar-refractivity contribution in [2.45, 2.75) is 13.0 Å². The lowest BCUT2D eigenvalue weighted by Gasteiger charge is -2.15. The Morgan fingerprint density at radius 3 is 2.36 bits per heavy atom. The van der Waals surface area contributed by atoms with Crippen LogP contribution < -0.4 is 10.9 Å². The molecule has 142 valence electrons. The maximum absolute atomic E-state index is 12.6. The topological polar surface area (TPSA) is 103 Å². The Hall–Kier alpha value is -3.81. The highest BCUT2D eigenvalue weighted by atomic mass is 16.5. The Morgan fingerprint density at radius 1 is 1.04 bits per heavy atom. The predicted octanol–water partition coefficient (Wildman–Crippen LogP) is 2.29. The maximum atomic E-state index is 12.6. The van der Waals surface area contributed by atoms with E-state index in [0.29, 0.717) is 16.9 Å². The molecular weight excluding hydrogens is 360 g/mol. The quantitative estimate of drug-likeness (QED) is 0.683. The summed E-state index contributed by atoms with van der Waals surface area (Å²) in [4.78, 5) is 40.2. The average Bonchev–Trinajstić information content (AvgIpc) is 2.74. The molecule has 0 aliphatic heterocycles. The van der Waals surface area contributed by atoms with Crippen LogP contribution in [0.3, 0.4) is 0 Å². The minimum atomic E-state index is -0.838. The monoisotopic (exact) mass is 378 g/mol. The second-order valence-electron chi connectivity index (χ2n) is 5.97. The first-order valence-corrected chi connectivity index (χ1v) is 8.49. The van der Waals surface area contributed by atoms with E-state index in [9.17, 15) is 14.4 Å². The van der Waals surface area contributed by atoms with Gasteiger partial charge in [0, 0.05) is 29.7 Å². The van der Waals surface area contributed by atoms with E-state index in [0.717, 1.165) is 10.2 Å². The molecule has 2 aromatic heterocycles. The molecule has 1 amide bonds. The lowest BCUT2D eigenvalue weighted by molar-refractivity contribution is -0.119. The molecule has 0 bridgehead atoms. The summed E-state index contributed by atoms with van der Waals surface area (Å²) in [5.74, 6) is -0.873. The molecule has 1 N–H and O–H groups in total. The molecule has 1 atom stereocenters. The summed E-state index contributed by atoms with van der Waals surface area (Å²) in [7, 11) is 1.30. The number of amides is 1. The SMILES string of the molecule is COC(=O)c1ccc(NC(=O)C(C)n2nc(-c3ccncc3)ccc2=O)cc1. The second kappa shape index (κ2) is 8.26. The fourth-order valence-corrected chi connectivity index (χ4v) is 2.54. The number of methoxy groups -OCH3 is 1. The molecule has 1 aromatic carbocycles. The number of esters is 1. The Morgan fingerprint density at radius 2 is 1.71 bits per heavy atom. The molecule has 0 saturated carbocycles. The molecule has 3 rings (SSSR count). The highest BCUT2D eigenvalue weighted by Crippen LogP contribution is 2.16. The van der Waals surface area contributed by atoms with Gasteiger partial charge in [0.15, 0.2) is 0 Å². The average molecular weight is 378 g/mol. The summed E-state index contributed by atoms with van der Waals surface area (Å²) in [6, 6.07) is 11.9. The van der Waals surface area contributed by atoms with Gasteiger partial charge in [-0.25, -0.2) is 9.48 Å². The van der Waals surface area contributed by atoms with Crippen molar-refractivity contribution in [2.75, 3.05) is 12.4 Å². The molecular formula is C20H18N4O4. The van der Waals surface area contributed by atoms with Crippen molar-refractivity contribution in [2.24, 2.45) is 0 Å². The van der Waals surface area contributed by atoms with Crippen molar-refractivity contribution in [3.63, 3.8) is 0 Å². The number of hydrogen-bond acceptors (Lipinski definition) is 6. The van der Waals surface area contributed by atoms with Gasteiger partial charge >= 0.3 is 5.97 Å². The maximum Gasteiger partial charge on any atom is 0.337 e. The largest absolute Gasteiger partial charge is 0.465 e. The first-order chi connectivity index (χ1) is 13.5. The van der Waals surface area contributed by atoms with Gasteiger partial charge in [0.2, 0.25) is 5.91 Å². The second-order valence-corrected chi connectivity index (χ2v) is 5.97. The number of rotatable bonds is 5. The van der Waals surface area contributed by atoms with Gasteiger partial charge in [0.1, 0.15) is 6.04 Å². The summed E-state index contributed by atoms with van der Waals surface area (Å²) in [6.07, 6.45) is 3.25. The van der Waals surface area contributed by atoms with Crippen molar-refractivity contribution in [1.29, 1.82) is 0 Å². The number of hydrogen-bond donors (Lipinski definition) is 1. The van der Waals surface area contributed by atoms with Gasteiger partial charge in [-0.1, -0.05) is 0 Å². The van der Waals surface area contributed by atoms with Crippen LogP contribution in [-0.4, -0.2) is 33.8 Å². The summed E-state index contributed by atoms with van der Waals surface area (Å²) in [6.45, 7) is 1.59. The molecule has 1 unspecified atom stereocenters. The van der Waals surface area contributed by atoms with Gasteiger partial charge in [-0.3, -0.25) is 14.6 Å². The van der Waals surface area contributed by atoms with Gasteiger partial charge < -0.3 is 10.1 Å². The highest BCUT2D eigenvalue weighted by Gasteiger charge is 2.18. The van der Waals surface area contributed by atoms with Crippen LogP contribution in [0.1, 0.15) is 23.3 Å². The van der Waals surface area contributed by atoms with E-state index < -0.39 is 17.9 Å². The molecule has 8 heteroatoms. The number of anilines is 1. The molecule has 0 aliphatic rings. The fourth-order valence-electron chi connectivity index (χ4n) is 2.54. The molecule has 0 aliphatic carbocycles. The van der Waals surface area contributed by atoms with E-state index in [1.54, 1.807) is 61.8 Å². The Kier molecular flexibility index (Phi) is 5.59. The van der Waals surface area contributed by atoms with Crippen LogP contribution in [0.25, 0.3) is 11.3 Å². The third kappa shape index (κ3) is 4.12. The van der Waals surface area contributed by atoms with E-state index in [1.807, 2.05) is 0 Å². The first-order valence-electron chi connectivity index (χ1n) is 8.49. The van der Waals surface area contributed by atoms with E-state index in [1.165, 1.54) is 13.2 Å². The lowest BCUT2D eigenvalue weighted by atomic mass is 10.2. The molecule has 0 spiro atoms. The van der Waals surface area contributed by atoms with Crippen LogP contribution in [0.4, 0.5) is 5.69 Å². The van der Waals surface area contributed by atoms with Crippen molar-refractivity contribution in [1.82, 2.24) is 14.8 Å². The Labute approximate surface area is 160 Å². The number of carbonyl (C=O) groups excluding carboxylic acids is 2. The number of nitrogens with one attached hydrogen (secondary N) is 1. The first kappa shape index (κ1) is 19.0. The van der Waals surface area contributed by atoms with Crippen molar-refractivity contribution < 1.29 is 14.3 Å². The zero-order valence-electron chi connectivity index (χ0n) is 15.3. The Balaban J connectivity index is 1.79.